The van der Waals surface area contributed by atoms with E-state index in [4.69, 9.17) is 9.05 Å². The van der Waals surface area contributed by atoms with Crippen LogP contribution in [0, 0.1) is 33.5 Å². The van der Waals surface area contributed by atoms with Gasteiger partial charge >= 0.3 is 8.69 Å². The molecule has 192 valence electrons. The maximum atomic E-state index is 16.9. The van der Waals surface area contributed by atoms with Crippen molar-refractivity contribution in [2.75, 3.05) is 0 Å². The van der Waals surface area contributed by atoms with Gasteiger partial charge in [0.25, 0.3) is 0 Å². The average molecular weight is 507 g/mol. The van der Waals surface area contributed by atoms with Crippen molar-refractivity contribution in [2.45, 2.75) is 91.3 Å². The normalized spacial score (nSPS) is 45.4. The highest BCUT2D eigenvalue weighted by Crippen LogP contribution is 2.81. The Balaban J connectivity index is 1.58. The summed E-state index contributed by atoms with van der Waals surface area (Å²) in [6.07, 6.45) is 6.67. The fourth-order valence-electron chi connectivity index (χ4n) is 10.7. The van der Waals surface area contributed by atoms with Gasteiger partial charge < -0.3 is 0 Å². The lowest BCUT2D eigenvalue weighted by atomic mass is 9.55. The Bertz CT molecular complexity index is 1150. The van der Waals surface area contributed by atoms with Crippen LogP contribution in [-0.4, -0.2) is 0 Å². The fraction of sp³-hybridized carbons (Fsp3) is 0.625. The fourth-order valence-corrected chi connectivity index (χ4v) is 12.2. The molecule has 0 aromatic heterocycles. The highest BCUT2D eigenvalue weighted by Gasteiger charge is 2.75. The lowest BCUT2D eigenvalue weighted by Crippen LogP contribution is -2.54. The quantitative estimate of drug-likeness (QED) is 0.331. The van der Waals surface area contributed by atoms with Gasteiger partial charge in [-0.2, -0.15) is 4.20 Å². The van der Waals surface area contributed by atoms with Gasteiger partial charge in [-0.15, -0.1) is 0 Å². The number of benzene rings is 2. The largest absolute Gasteiger partial charge is 0.376 e. The third kappa shape index (κ3) is 2.42. The van der Waals surface area contributed by atoms with Crippen molar-refractivity contribution in [3.05, 3.63) is 59.7 Å². The van der Waals surface area contributed by atoms with E-state index in [0.29, 0.717) is 11.8 Å². The molecule has 1 aliphatic heterocycles. The minimum Gasteiger partial charge on any atom is -0.296 e. The molecule has 5 aliphatic rings. The Kier molecular flexibility index (Phi) is 4.64. The number of halogens is 1. The lowest BCUT2D eigenvalue weighted by molar-refractivity contribution is -0.165. The van der Waals surface area contributed by atoms with Crippen LogP contribution in [0.4, 0.5) is 4.20 Å². The molecular weight excluding hydrogens is 466 g/mol. The summed E-state index contributed by atoms with van der Waals surface area (Å²) in [5.41, 5.74) is 2.58. The second-order valence-corrected chi connectivity index (χ2v) is 15.1. The van der Waals surface area contributed by atoms with E-state index in [1.54, 1.807) is 0 Å². The number of hydrogen-bond acceptors (Lipinski definition) is 2. The van der Waals surface area contributed by atoms with Crippen LogP contribution in [0.5, 0.6) is 0 Å². The Morgan fingerprint density at radius 1 is 0.667 bits per heavy atom. The second kappa shape index (κ2) is 7.02. The number of hydrogen-bond donors (Lipinski definition) is 0. The third-order valence-corrected chi connectivity index (χ3v) is 13.2. The van der Waals surface area contributed by atoms with Gasteiger partial charge in [-0.25, -0.2) is 0 Å². The molecule has 2 aromatic carbocycles. The van der Waals surface area contributed by atoms with Crippen LogP contribution in [-0.2, 0) is 20.2 Å². The standard InChI is InChI=1S/C32H40FO2P/c1-27(2)21-15-17-29(5,19-21)31(27)25-13-9-7-11-23(25)24-12-8-10-14-26(24)32(35-36(33)34-31)28(3,4)22-16-18-30(32,6)20-22/h7-14,21-22H,15-20H2,1-6H3. The zero-order valence-corrected chi connectivity index (χ0v) is 23.6. The van der Waals surface area contributed by atoms with E-state index in [1.807, 2.05) is 0 Å². The summed E-state index contributed by atoms with van der Waals surface area (Å²) >= 11 is 0. The highest BCUT2D eigenvalue weighted by atomic mass is 31.2. The Morgan fingerprint density at radius 3 is 1.42 bits per heavy atom. The van der Waals surface area contributed by atoms with Crippen molar-refractivity contribution in [3.8, 4) is 11.1 Å². The minimum absolute atomic E-state index is 0.131. The van der Waals surface area contributed by atoms with Gasteiger partial charge in [0.05, 0.1) is 0 Å². The van der Waals surface area contributed by atoms with Gasteiger partial charge in [0.15, 0.2) is 0 Å². The zero-order valence-electron chi connectivity index (χ0n) is 22.7. The van der Waals surface area contributed by atoms with Crippen LogP contribution in [0.3, 0.4) is 0 Å². The van der Waals surface area contributed by atoms with Gasteiger partial charge in [0.2, 0.25) is 0 Å². The van der Waals surface area contributed by atoms with E-state index in [-0.39, 0.29) is 21.7 Å². The van der Waals surface area contributed by atoms with Gasteiger partial charge in [-0.3, -0.25) is 9.05 Å². The lowest BCUT2D eigenvalue weighted by Gasteiger charge is -2.56. The highest BCUT2D eigenvalue weighted by molar-refractivity contribution is 7.41. The molecule has 0 radical (unpaired) electrons. The first-order valence-corrected chi connectivity index (χ1v) is 15.0. The van der Waals surface area contributed by atoms with Crippen molar-refractivity contribution >= 4 is 8.69 Å². The van der Waals surface area contributed by atoms with Crippen LogP contribution in [0.1, 0.15) is 91.2 Å². The first kappa shape index (κ1) is 23.8. The van der Waals surface area contributed by atoms with E-state index in [2.05, 4.69) is 90.1 Å². The molecule has 36 heavy (non-hydrogen) atoms. The molecule has 7 rings (SSSR count). The SMILES string of the molecule is CC12CCC(C1)C(C)(C)C21OP(F)OC2(c3ccccc3-c3ccccc31)C1(C)CCC(C1)C2(C)C. The summed E-state index contributed by atoms with van der Waals surface area (Å²) in [6.45, 7) is 14.0. The number of rotatable bonds is 0. The van der Waals surface area contributed by atoms with Crippen molar-refractivity contribution in [2.24, 2.45) is 33.5 Å². The summed E-state index contributed by atoms with van der Waals surface area (Å²) in [7, 11) is -2.62. The summed E-state index contributed by atoms with van der Waals surface area (Å²) in [6, 6.07) is 17.5. The van der Waals surface area contributed by atoms with Crippen LogP contribution in [0.2, 0.25) is 0 Å². The first-order valence-electron chi connectivity index (χ1n) is 14.0. The monoisotopic (exact) mass is 506 g/mol. The first-order chi connectivity index (χ1) is 16.9. The molecule has 0 amide bonds. The van der Waals surface area contributed by atoms with Crippen molar-refractivity contribution in [1.29, 1.82) is 0 Å². The molecule has 2 spiro atoms. The van der Waals surface area contributed by atoms with Crippen molar-refractivity contribution in [1.82, 2.24) is 0 Å². The molecule has 0 saturated heterocycles. The van der Waals surface area contributed by atoms with Crippen LogP contribution in [0.15, 0.2) is 48.5 Å². The maximum absolute atomic E-state index is 16.9. The van der Waals surface area contributed by atoms with E-state index < -0.39 is 19.9 Å². The molecule has 2 aromatic rings. The van der Waals surface area contributed by atoms with E-state index in [9.17, 15) is 0 Å². The topological polar surface area (TPSA) is 18.5 Å². The van der Waals surface area contributed by atoms with Gasteiger partial charge in [-0.1, -0.05) is 90.1 Å². The molecule has 4 fully saturated rings. The van der Waals surface area contributed by atoms with Gasteiger partial charge in [0, 0.05) is 21.7 Å². The third-order valence-electron chi connectivity index (χ3n) is 12.4. The summed E-state index contributed by atoms with van der Waals surface area (Å²) < 4.78 is 30.8. The van der Waals surface area contributed by atoms with E-state index in [1.165, 1.54) is 24.0 Å². The van der Waals surface area contributed by atoms with Crippen LogP contribution < -0.4 is 0 Å². The van der Waals surface area contributed by atoms with Crippen LogP contribution in [0.25, 0.3) is 11.1 Å². The zero-order chi connectivity index (χ0) is 25.4. The predicted octanol–water partition coefficient (Wildman–Crippen LogP) is 9.68. The number of fused-ring (bicyclic) bond motifs is 11. The molecular formula is C32H40FO2P. The molecule has 4 bridgehead atoms. The second-order valence-electron chi connectivity index (χ2n) is 14.3. The summed E-state index contributed by atoms with van der Waals surface area (Å²) in [5, 5.41) is 0. The Labute approximate surface area is 217 Å². The molecule has 4 aliphatic carbocycles. The molecule has 1 heterocycles. The van der Waals surface area contributed by atoms with Gasteiger partial charge in [-0.05, 0) is 72.6 Å². The molecule has 4 heteroatoms. The minimum atomic E-state index is -2.62. The maximum Gasteiger partial charge on any atom is 0.376 e. The van der Waals surface area contributed by atoms with Crippen molar-refractivity contribution in [3.63, 3.8) is 0 Å². The van der Waals surface area contributed by atoms with Crippen molar-refractivity contribution < 1.29 is 13.2 Å². The van der Waals surface area contributed by atoms with Gasteiger partial charge in [0.1, 0.15) is 11.2 Å². The molecule has 4 saturated carbocycles. The smallest absolute Gasteiger partial charge is 0.296 e. The summed E-state index contributed by atoms with van der Waals surface area (Å²) in [4.78, 5) is 0. The molecule has 6 atom stereocenters. The van der Waals surface area contributed by atoms with E-state index in [0.717, 1.165) is 36.8 Å². The molecule has 0 N–H and O–H groups in total. The predicted molar refractivity (Wildman–Crippen MR) is 144 cm³/mol. The molecule has 6 unspecified atom stereocenters. The average Bonchev–Trinajstić information content (AvgIpc) is 3.52. The Morgan fingerprint density at radius 2 is 1.06 bits per heavy atom. The Hall–Kier alpha value is -1.28. The van der Waals surface area contributed by atoms with Crippen LogP contribution >= 0.6 is 8.69 Å². The van der Waals surface area contributed by atoms with E-state index >= 15 is 4.20 Å². The summed E-state index contributed by atoms with van der Waals surface area (Å²) in [5.74, 6) is 1.03. The molecule has 2 nitrogen and oxygen atoms in total.